The lowest BCUT2D eigenvalue weighted by Crippen LogP contribution is -2.44. The Bertz CT molecular complexity index is 655. The Hall–Kier alpha value is -1.61. The number of aromatic carboxylic acids is 1. The molecule has 122 valence electrons. The summed E-state index contributed by atoms with van der Waals surface area (Å²) < 4.78 is 63.8. The number of benzene rings is 1. The van der Waals surface area contributed by atoms with Crippen molar-refractivity contribution >= 4 is 16.0 Å². The molecule has 0 amide bonds. The first-order chi connectivity index (χ1) is 10.1. The molecule has 5 nitrogen and oxygen atoms in total. The van der Waals surface area contributed by atoms with Crippen LogP contribution in [0.4, 0.5) is 13.2 Å². The molecule has 1 aromatic rings. The molecule has 0 unspecified atom stereocenters. The predicted octanol–water partition coefficient (Wildman–Crippen LogP) is 2.35. The van der Waals surface area contributed by atoms with Gasteiger partial charge in [-0.1, -0.05) is 0 Å². The van der Waals surface area contributed by atoms with Gasteiger partial charge in [-0.05, 0) is 37.1 Å². The van der Waals surface area contributed by atoms with Crippen molar-refractivity contribution in [3.05, 3.63) is 29.8 Å². The van der Waals surface area contributed by atoms with Crippen LogP contribution >= 0.6 is 0 Å². The zero-order valence-electron chi connectivity index (χ0n) is 11.4. The van der Waals surface area contributed by atoms with E-state index in [1.807, 2.05) is 0 Å². The van der Waals surface area contributed by atoms with E-state index in [9.17, 15) is 26.4 Å². The molecule has 9 heteroatoms. The molecule has 0 aromatic heterocycles. The number of carboxylic acid groups (broad SMARTS) is 1. The van der Waals surface area contributed by atoms with Crippen LogP contribution in [0.5, 0.6) is 0 Å². The van der Waals surface area contributed by atoms with Crippen molar-refractivity contribution in [2.45, 2.75) is 23.9 Å². The lowest BCUT2D eigenvalue weighted by atomic mass is 9.99. The minimum Gasteiger partial charge on any atom is -0.478 e. The third kappa shape index (κ3) is 3.41. The Morgan fingerprint density at radius 3 is 2.32 bits per heavy atom. The van der Waals surface area contributed by atoms with Gasteiger partial charge in [-0.25, -0.2) is 13.2 Å². The van der Waals surface area contributed by atoms with E-state index >= 15 is 0 Å². The summed E-state index contributed by atoms with van der Waals surface area (Å²) in [6.45, 7) is -0.581. The van der Waals surface area contributed by atoms with Gasteiger partial charge in [0.1, 0.15) is 0 Å². The molecule has 0 spiro atoms. The molecule has 1 saturated heterocycles. The highest BCUT2D eigenvalue weighted by Gasteiger charge is 2.44. The van der Waals surface area contributed by atoms with Gasteiger partial charge in [0.25, 0.3) is 0 Å². The zero-order valence-corrected chi connectivity index (χ0v) is 12.2. The first-order valence-corrected chi connectivity index (χ1v) is 7.96. The summed E-state index contributed by atoms with van der Waals surface area (Å²) in [5.74, 6) is -2.88. The highest BCUT2D eigenvalue weighted by Crippen LogP contribution is 2.34. The van der Waals surface area contributed by atoms with Crippen molar-refractivity contribution in [1.82, 2.24) is 4.31 Å². The van der Waals surface area contributed by atoms with Crippen molar-refractivity contribution < 1.29 is 31.5 Å². The lowest BCUT2D eigenvalue weighted by Gasteiger charge is -2.32. The number of halogens is 3. The van der Waals surface area contributed by atoms with Gasteiger partial charge in [-0.15, -0.1) is 0 Å². The van der Waals surface area contributed by atoms with Crippen molar-refractivity contribution in [2.24, 2.45) is 5.92 Å². The third-order valence-electron chi connectivity index (χ3n) is 3.59. The van der Waals surface area contributed by atoms with Gasteiger partial charge in [-0.3, -0.25) is 0 Å². The first kappa shape index (κ1) is 16.8. The van der Waals surface area contributed by atoms with Gasteiger partial charge in [-0.2, -0.15) is 17.5 Å². The van der Waals surface area contributed by atoms with E-state index in [-0.39, 0.29) is 29.8 Å². The van der Waals surface area contributed by atoms with Crippen LogP contribution < -0.4 is 0 Å². The normalized spacial score (nSPS) is 20.8. The number of nitrogens with zero attached hydrogens (tertiary/aromatic N) is 1. The molecule has 1 fully saturated rings. The van der Waals surface area contributed by atoms with Gasteiger partial charge >= 0.3 is 12.1 Å². The van der Waals surface area contributed by atoms with Gasteiger partial charge in [0.15, 0.2) is 0 Å². The number of carboxylic acids is 1. The fourth-order valence-corrected chi connectivity index (χ4v) is 3.87. The maximum atomic E-state index is 12.8. The van der Waals surface area contributed by atoms with E-state index in [1.54, 1.807) is 0 Å². The van der Waals surface area contributed by atoms with Gasteiger partial charge in [0.2, 0.25) is 10.0 Å². The van der Waals surface area contributed by atoms with Crippen LogP contribution in [0.25, 0.3) is 0 Å². The number of carbonyl (C=O) groups is 1. The Morgan fingerprint density at radius 1 is 1.23 bits per heavy atom. The van der Waals surface area contributed by atoms with E-state index in [1.165, 1.54) is 0 Å². The lowest BCUT2D eigenvalue weighted by molar-refractivity contribution is -0.182. The number of alkyl halides is 3. The summed E-state index contributed by atoms with van der Waals surface area (Å²) in [5, 5.41) is 8.77. The van der Waals surface area contributed by atoms with Crippen LogP contribution in [0.15, 0.2) is 29.2 Å². The summed E-state index contributed by atoms with van der Waals surface area (Å²) in [6, 6.07) is 4.41. The quantitative estimate of drug-likeness (QED) is 0.919. The minimum atomic E-state index is -4.43. The van der Waals surface area contributed by atoms with E-state index in [2.05, 4.69) is 0 Å². The Kier molecular flexibility index (Phi) is 4.48. The molecule has 1 atom stereocenters. The number of piperidine rings is 1. The van der Waals surface area contributed by atoms with Crippen molar-refractivity contribution in [3.63, 3.8) is 0 Å². The zero-order chi connectivity index (χ0) is 16.5. The first-order valence-electron chi connectivity index (χ1n) is 6.52. The molecule has 2 rings (SSSR count). The molecule has 1 aromatic carbocycles. The molecule has 1 aliphatic rings. The van der Waals surface area contributed by atoms with E-state index < -0.39 is 34.6 Å². The molecule has 22 heavy (non-hydrogen) atoms. The third-order valence-corrected chi connectivity index (χ3v) is 5.47. The minimum absolute atomic E-state index is 0.0234. The average molecular weight is 337 g/mol. The molecule has 0 bridgehead atoms. The Labute approximate surface area is 125 Å². The summed E-state index contributed by atoms with van der Waals surface area (Å²) in [6.07, 6.45) is -4.38. The number of sulfonamides is 1. The van der Waals surface area contributed by atoms with Crippen LogP contribution in [0.3, 0.4) is 0 Å². The molecule has 0 radical (unpaired) electrons. The maximum absolute atomic E-state index is 12.8. The SMILES string of the molecule is O=C(O)c1ccc(S(=O)(=O)N2CCC[C@@H](C(F)(F)F)C2)cc1. The number of hydrogen-bond acceptors (Lipinski definition) is 3. The van der Waals surface area contributed by atoms with E-state index in [0.717, 1.165) is 28.6 Å². The molecule has 0 saturated carbocycles. The molecule has 1 aliphatic heterocycles. The highest BCUT2D eigenvalue weighted by molar-refractivity contribution is 7.89. The monoisotopic (exact) mass is 337 g/mol. The maximum Gasteiger partial charge on any atom is 0.393 e. The standard InChI is InChI=1S/C13H14F3NO4S/c14-13(15,16)10-2-1-7-17(8-10)22(20,21)11-5-3-9(4-6-11)12(18)19/h3-6,10H,1-2,7-8H2,(H,18,19)/t10-/m1/s1. The number of rotatable bonds is 3. The predicted molar refractivity (Wildman–Crippen MR) is 70.9 cm³/mol. The molecular weight excluding hydrogens is 323 g/mol. The van der Waals surface area contributed by atoms with Crippen molar-refractivity contribution in [3.8, 4) is 0 Å². The topological polar surface area (TPSA) is 74.7 Å². The van der Waals surface area contributed by atoms with Gasteiger partial charge in [0.05, 0.1) is 16.4 Å². The summed E-state index contributed by atoms with van der Waals surface area (Å²) in [4.78, 5) is 10.5. The molecule has 1 heterocycles. The van der Waals surface area contributed by atoms with E-state index in [4.69, 9.17) is 5.11 Å². The van der Waals surface area contributed by atoms with Crippen molar-refractivity contribution in [1.29, 1.82) is 0 Å². The van der Waals surface area contributed by atoms with Crippen molar-refractivity contribution in [2.75, 3.05) is 13.1 Å². The molecular formula is C13H14F3NO4S. The Morgan fingerprint density at radius 2 is 1.82 bits per heavy atom. The van der Waals surface area contributed by atoms with Crippen LogP contribution in [0.1, 0.15) is 23.2 Å². The second kappa shape index (κ2) is 5.88. The highest BCUT2D eigenvalue weighted by atomic mass is 32.2. The largest absolute Gasteiger partial charge is 0.478 e. The fourth-order valence-electron chi connectivity index (χ4n) is 2.35. The summed E-state index contributed by atoms with van der Waals surface area (Å²) in [7, 11) is -4.06. The van der Waals surface area contributed by atoms with E-state index in [0.29, 0.717) is 0 Å². The van der Waals surface area contributed by atoms with Gasteiger partial charge in [0, 0.05) is 13.1 Å². The molecule has 1 N–H and O–H groups in total. The second-order valence-corrected chi connectivity index (χ2v) is 7.01. The molecule has 0 aliphatic carbocycles. The summed E-state index contributed by atoms with van der Waals surface area (Å²) in [5.41, 5.74) is -0.0919. The van der Waals surface area contributed by atoms with Crippen LogP contribution in [-0.2, 0) is 10.0 Å². The number of hydrogen-bond donors (Lipinski definition) is 1. The van der Waals surface area contributed by atoms with Crippen LogP contribution in [0.2, 0.25) is 0 Å². The van der Waals surface area contributed by atoms with Crippen LogP contribution in [-0.4, -0.2) is 43.1 Å². The average Bonchev–Trinajstić information content (AvgIpc) is 2.46. The second-order valence-electron chi connectivity index (χ2n) is 5.07. The Balaban J connectivity index is 2.24. The fraction of sp³-hybridized carbons (Fsp3) is 0.462. The summed E-state index contributed by atoms with van der Waals surface area (Å²) >= 11 is 0. The van der Waals surface area contributed by atoms with Crippen LogP contribution in [0, 0.1) is 5.92 Å². The van der Waals surface area contributed by atoms with Gasteiger partial charge < -0.3 is 5.11 Å². The smallest absolute Gasteiger partial charge is 0.393 e.